The number of rotatable bonds is 6. The number of nitrogens with two attached hydrogens (primary N) is 1. The average Bonchev–Trinajstić information content (AvgIpc) is 3.08. The quantitative estimate of drug-likeness (QED) is 0.751. The number of para-hydroxylation sites is 2. The summed E-state index contributed by atoms with van der Waals surface area (Å²) in [5.74, 6) is 0.168. The first-order chi connectivity index (χ1) is 12.3. The van der Waals surface area contributed by atoms with Gasteiger partial charge in [-0.15, -0.1) is 11.3 Å². The minimum absolute atomic E-state index is 0.0514. The number of carbonyl (C=O) groups is 2. The van der Waals surface area contributed by atoms with Crippen LogP contribution in [0, 0.1) is 0 Å². The van der Waals surface area contributed by atoms with Crippen molar-refractivity contribution in [2.24, 2.45) is 5.14 Å². The van der Waals surface area contributed by atoms with Gasteiger partial charge >= 0.3 is 0 Å². The molecule has 0 radical (unpaired) electrons. The largest absolute Gasteiger partial charge is 0.482 e. The number of ether oxygens (including phenoxy) is 1. The topological polar surface area (TPSA) is 119 Å². The van der Waals surface area contributed by atoms with Gasteiger partial charge in [-0.05, 0) is 24.3 Å². The Labute approximate surface area is 154 Å². The fourth-order valence-corrected chi connectivity index (χ4v) is 4.21. The Hall–Kier alpha value is -2.43. The lowest BCUT2D eigenvalue weighted by Crippen LogP contribution is -2.41. The predicted molar refractivity (Wildman–Crippen MR) is 96.4 cm³/mol. The molecule has 0 saturated heterocycles. The zero-order valence-corrected chi connectivity index (χ0v) is 15.3. The van der Waals surface area contributed by atoms with Gasteiger partial charge < -0.3 is 15.0 Å². The minimum atomic E-state index is -3.73. The lowest BCUT2D eigenvalue weighted by atomic mass is 10.2. The third-order valence-electron chi connectivity index (χ3n) is 3.75. The summed E-state index contributed by atoms with van der Waals surface area (Å²) in [4.78, 5) is 26.3. The second-order valence-electron chi connectivity index (χ2n) is 5.59. The highest BCUT2D eigenvalue weighted by Crippen LogP contribution is 2.31. The van der Waals surface area contributed by atoms with E-state index >= 15 is 0 Å². The summed E-state index contributed by atoms with van der Waals surface area (Å²) in [5, 5.41) is 7.76. The SMILES string of the molecule is NS(=O)(=O)c1ccc(CNC(=O)CCN2C(=O)COc3ccccc32)s1. The Morgan fingerprint density at radius 1 is 1.27 bits per heavy atom. The average molecular weight is 395 g/mol. The molecule has 8 nitrogen and oxygen atoms in total. The molecule has 2 amide bonds. The Balaban J connectivity index is 1.55. The van der Waals surface area contributed by atoms with Gasteiger partial charge in [0.2, 0.25) is 15.9 Å². The summed E-state index contributed by atoms with van der Waals surface area (Å²) in [7, 11) is -3.73. The van der Waals surface area contributed by atoms with E-state index in [0.29, 0.717) is 16.3 Å². The molecule has 3 N–H and O–H groups in total. The molecule has 0 atom stereocenters. The molecule has 1 aliphatic rings. The Kier molecular flexibility index (Phi) is 5.25. The van der Waals surface area contributed by atoms with Crippen molar-refractivity contribution in [3.05, 3.63) is 41.3 Å². The van der Waals surface area contributed by atoms with E-state index < -0.39 is 10.0 Å². The maximum atomic E-state index is 12.1. The molecular weight excluding hydrogens is 378 g/mol. The second kappa shape index (κ2) is 7.44. The highest BCUT2D eigenvalue weighted by Gasteiger charge is 2.25. The molecular formula is C16H17N3O5S2. The molecule has 1 aromatic heterocycles. The summed E-state index contributed by atoms with van der Waals surface area (Å²) < 4.78 is 27.9. The Morgan fingerprint density at radius 2 is 2.04 bits per heavy atom. The van der Waals surface area contributed by atoms with Gasteiger partial charge in [0.1, 0.15) is 9.96 Å². The van der Waals surface area contributed by atoms with Crippen molar-refractivity contribution >= 4 is 38.9 Å². The summed E-state index contributed by atoms with van der Waals surface area (Å²) in [6, 6.07) is 10.2. The number of primary sulfonamides is 1. The number of thiophene rings is 1. The number of amides is 2. The van der Waals surface area contributed by atoms with E-state index in [-0.39, 0.29) is 42.1 Å². The maximum Gasteiger partial charge on any atom is 0.265 e. The maximum absolute atomic E-state index is 12.1. The van der Waals surface area contributed by atoms with Gasteiger partial charge in [-0.3, -0.25) is 9.59 Å². The number of fused-ring (bicyclic) bond motifs is 1. The first-order valence-corrected chi connectivity index (χ1v) is 10.1. The zero-order valence-electron chi connectivity index (χ0n) is 13.7. The van der Waals surface area contributed by atoms with Crippen molar-refractivity contribution in [2.45, 2.75) is 17.2 Å². The van der Waals surface area contributed by atoms with Crippen LogP contribution in [0.25, 0.3) is 0 Å². The molecule has 0 fully saturated rings. The van der Waals surface area contributed by atoms with Crippen LogP contribution in [0.1, 0.15) is 11.3 Å². The summed E-state index contributed by atoms with van der Waals surface area (Å²) in [6.45, 7) is 0.384. The van der Waals surface area contributed by atoms with E-state index in [9.17, 15) is 18.0 Å². The third-order valence-corrected chi connectivity index (χ3v) is 6.27. The number of carbonyl (C=O) groups excluding carboxylic acids is 2. The fraction of sp³-hybridized carbons (Fsp3) is 0.250. The smallest absolute Gasteiger partial charge is 0.265 e. The van der Waals surface area contributed by atoms with Gasteiger partial charge in [0.15, 0.2) is 6.61 Å². The van der Waals surface area contributed by atoms with E-state index in [2.05, 4.69) is 5.32 Å². The van der Waals surface area contributed by atoms with Crippen LogP contribution in [0.5, 0.6) is 5.75 Å². The van der Waals surface area contributed by atoms with Gasteiger partial charge in [-0.25, -0.2) is 13.6 Å². The van der Waals surface area contributed by atoms with Crippen LogP contribution in [-0.2, 0) is 26.2 Å². The van der Waals surface area contributed by atoms with Crippen LogP contribution in [-0.4, -0.2) is 33.4 Å². The van der Waals surface area contributed by atoms with Crippen molar-refractivity contribution < 1.29 is 22.7 Å². The molecule has 1 aromatic carbocycles. The monoisotopic (exact) mass is 395 g/mol. The molecule has 138 valence electrons. The molecule has 10 heteroatoms. The van der Waals surface area contributed by atoms with Crippen molar-refractivity contribution in [1.82, 2.24) is 5.32 Å². The lowest BCUT2D eigenvalue weighted by Gasteiger charge is -2.29. The van der Waals surface area contributed by atoms with E-state index in [1.54, 1.807) is 24.3 Å². The fourth-order valence-electron chi connectivity index (χ4n) is 2.49. The van der Waals surface area contributed by atoms with Crippen LogP contribution >= 0.6 is 11.3 Å². The number of sulfonamides is 1. The number of nitrogens with zero attached hydrogens (tertiary/aromatic N) is 1. The van der Waals surface area contributed by atoms with Crippen molar-refractivity contribution in [3.8, 4) is 5.75 Å². The molecule has 0 saturated carbocycles. The number of hydrogen-bond acceptors (Lipinski definition) is 6. The third kappa shape index (κ3) is 4.21. The second-order valence-corrected chi connectivity index (χ2v) is 8.55. The van der Waals surface area contributed by atoms with Gasteiger partial charge in [0.25, 0.3) is 5.91 Å². The normalized spacial score (nSPS) is 13.9. The first-order valence-electron chi connectivity index (χ1n) is 7.75. The first kappa shape index (κ1) is 18.4. The number of anilines is 1. The van der Waals surface area contributed by atoms with Crippen molar-refractivity contribution in [2.75, 3.05) is 18.1 Å². The van der Waals surface area contributed by atoms with Crippen LogP contribution in [0.2, 0.25) is 0 Å². The van der Waals surface area contributed by atoms with E-state index in [1.807, 2.05) is 6.07 Å². The van der Waals surface area contributed by atoms with Crippen LogP contribution in [0.4, 0.5) is 5.69 Å². The van der Waals surface area contributed by atoms with Crippen molar-refractivity contribution in [1.29, 1.82) is 0 Å². The molecule has 0 aliphatic carbocycles. The Bertz CT molecular complexity index is 939. The molecule has 2 aromatic rings. The highest BCUT2D eigenvalue weighted by atomic mass is 32.2. The highest BCUT2D eigenvalue weighted by molar-refractivity contribution is 7.91. The summed E-state index contributed by atoms with van der Waals surface area (Å²) in [5.41, 5.74) is 0.646. The molecule has 1 aliphatic heterocycles. The molecule has 2 heterocycles. The zero-order chi connectivity index (χ0) is 18.7. The summed E-state index contributed by atoms with van der Waals surface area (Å²) >= 11 is 1.01. The van der Waals surface area contributed by atoms with Gasteiger partial charge in [-0.2, -0.15) is 0 Å². The van der Waals surface area contributed by atoms with E-state index in [4.69, 9.17) is 9.88 Å². The van der Waals surface area contributed by atoms with Crippen molar-refractivity contribution in [3.63, 3.8) is 0 Å². The predicted octanol–water partition coefficient (Wildman–Crippen LogP) is 0.827. The van der Waals surface area contributed by atoms with Gasteiger partial charge in [0.05, 0.1) is 12.2 Å². The minimum Gasteiger partial charge on any atom is -0.482 e. The van der Waals surface area contributed by atoms with E-state index in [1.165, 1.54) is 11.0 Å². The van der Waals surface area contributed by atoms with Crippen LogP contribution in [0.15, 0.2) is 40.6 Å². The number of hydrogen-bond donors (Lipinski definition) is 2. The molecule has 0 spiro atoms. The summed E-state index contributed by atoms with van der Waals surface area (Å²) in [6.07, 6.45) is 0.119. The Morgan fingerprint density at radius 3 is 2.77 bits per heavy atom. The number of benzene rings is 1. The van der Waals surface area contributed by atoms with Gasteiger partial charge in [0, 0.05) is 17.8 Å². The molecule has 0 bridgehead atoms. The molecule has 3 rings (SSSR count). The van der Waals surface area contributed by atoms with E-state index in [0.717, 1.165) is 11.3 Å². The van der Waals surface area contributed by atoms with Gasteiger partial charge in [-0.1, -0.05) is 12.1 Å². The lowest BCUT2D eigenvalue weighted by molar-refractivity contribution is -0.122. The van der Waals surface area contributed by atoms with Crippen LogP contribution < -0.4 is 20.1 Å². The van der Waals surface area contributed by atoms with Crippen LogP contribution in [0.3, 0.4) is 0 Å². The molecule has 26 heavy (non-hydrogen) atoms. The molecule has 0 unspecified atom stereocenters. The number of nitrogens with one attached hydrogen (secondary N) is 1. The standard InChI is InChI=1S/C16H17N3O5S2/c17-26(22,23)16-6-5-11(25-16)9-18-14(20)7-8-19-12-3-1-2-4-13(12)24-10-15(19)21/h1-6H,7-10H2,(H,18,20)(H2,17,22,23).